The van der Waals surface area contributed by atoms with E-state index < -0.39 is 0 Å². The number of pyridine rings is 1. The molecule has 2 N–H and O–H groups in total. The van der Waals surface area contributed by atoms with Crippen molar-refractivity contribution >= 4 is 11.8 Å². The Balaban J connectivity index is -0.000000715. The average Bonchev–Trinajstić information content (AvgIpc) is 3.40. The Kier molecular flexibility index (Phi) is 20.3. The molecule has 0 spiro atoms. The van der Waals surface area contributed by atoms with Crippen molar-refractivity contribution in [3.63, 3.8) is 0 Å². The molecule has 0 saturated carbocycles. The van der Waals surface area contributed by atoms with Crippen molar-refractivity contribution in [3.8, 4) is 0 Å². The molecule has 0 aliphatic carbocycles. The Hall–Kier alpha value is -3.24. The number of aliphatic imine (C=N–C) groups is 2. The van der Waals surface area contributed by atoms with Crippen molar-refractivity contribution in [1.82, 2.24) is 4.98 Å². The van der Waals surface area contributed by atoms with Crippen LogP contribution in [0.25, 0.3) is 0 Å². The van der Waals surface area contributed by atoms with Crippen LogP contribution >= 0.6 is 0 Å². The summed E-state index contributed by atoms with van der Waals surface area (Å²) in [7, 11) is 0. The summed E-state index contributed by atoms with van der Waals surface area (Å²) in [6.45, 7) is 9.86. The molecule has 0 aromatic carbocycles. The number of rotatable bonds is 4. The van der Waals surface area contributed by atoms with Gasteiger partial charge in [0, 0.05) is 0 Å². The molecule has 1 aromatic heterocycles. The Bertz CT molecular complexity index is 701. The van der Waals surface area contributed by atoms with E-state index in [1.807, 2.05) is 18.2 Å². The predicted octanol–water partition coefficient (Wildman–Crippen LogP) is 2.61. The van der Waals surface area contributed by atoms with Crippen LogP contribution in [-0.4, -0.2) is 47.6 Å². The van der Waals surface area contributed by atoms with Gasteiger partial charge in [-0.2, -0.15) is 0 Å². The Morgan fingerprint density at radius 1 is 0.818 bits per heavy atom. The maximum absolute atomic E-state index is 8.00. The molecule has 1 aromatic rings. The summed E-state index contributed by atoms with van der Waals surface area (Å²) in [5.41, 5.74) is 1.50. The first-order valence-electron chi connectivity index (χ1n) is 9.03. The minimum absolute atomic E-state index is 0. The van der Waals surface area contributed by atoms with Gasteiger partial charge in [-0.15, -0.1) is 16.0 Å². The maximum atomic E-state index is 8.00. The Labute approximate surface area is 199 Å². The van der Waals surface area contributed by atoms with Crippen molar-refractivity contribution in [1.29, 1.82) is 0 Å². The second-order valence-electron chi connectivity index (χ2n) is 6.74. The van der Waals surface area contributed by atoms with Crippen LogP contribution in [0.1, 0.15) is 39.1 Å². The molecule has 3 rings (SSSR count). The van der Waals surface area contributed by atoms with Crippen LogP contribution in [0.3, 0.4) is 0 Å². The molecule has 15 nitrogen and oxygen atoms in total. The number of ether oxygens (including phenoxy) is 2. The van der Waals surface area contributed by atoms with E-state index in [-0.39, 0.29) is 34.3 Å². The van der Waals surface area contributed by atoms with Gasteiger partial charge >= 0.3 is 16.8 Å². The summed E-state index contributed by atoms with van der Waals surface area (Å²) in [6.07, 6.45) is 0. The molecule has 0 bridgehead atoms. The van der Waals surface area contributed by atoms with Gasteiger partial charge in [-0.25, -0.2) is 15.0 Å². The second kappa shape index (κ2) is 19.4. The van der Waals surface area contributed by atoms with Gasteiger partial charge in [0.2, 0.25) is 11.8 Å². The SMILES string of the molecule is CC(C)[C@@H]1COC(c2cccc(C3=N[C@H](C(C)C)CO3)n2)=N1.O.O=N[O-].O=N[O-].O=N[O-].[Co+3]. The van der Waals surface area contributed by atoms with E-state index in [4.69, 9.17) is 39.8 Å². The minimum atomic E-state index is 0. The zero-order chi connectivity index (χ0) is 23.8. The third-order valence-corrected chi connectivity index (χ3v) is 4.07. The monoisotopic (exact) mass is 516 g/mol. The first-order chi connectivity index (χ1) is 14.8. The normalized spacial score (nSPS) is 17.3. The quantitative estimate of drug-likeness (QED) is 0.421. The van der Waals surface area contributed by atoms with Gasteiger partial charge in [0.15, 0.2) is 0 Å². The molecule has 2 aliphatic rings. The summed E-state index contributed by atoms with van der Waals surface area (Å²) in [5.74, 6) is 2.18. The molecule has 2 aliphatic heterocycles. The van der Waals surface area contributed by atoms with E-state index in [0.717, 1.165) is 27.4 Å². The predicted molar refractivity (Wildman–Crippen MR) is 118 cm³/mol. The molecular formula is C17H25CoN6O9. The fraction of sp³-hybridized carbons (Fsp3) is 0.588. The first kappa shape index (κ1) is 34.4. The summed E-state index contributed by atoms with van der Waals surface area (Å²) >= 11 is 0. The molecule has 16 heteroatoms. The van der Waals surface area contributed by atoms with E-state index in [0.29, 0.717) is 36.8 Å². The van der Waals surface area contributed by atoms with Crippen LogP contribution in [0.5, 0.6) is 0 Å². The van der Waals surface area contributed by atoms with Crippen molar-refractivity contribution < 1.29 is 31.7 Å². The summed E-state index contributed by atoms with van der Waals surface area (Å²) in [5, 5.41) is 27.0. The molecule has 3 heterocycles. The van der Waals surface area contributed by atoms with Crippen molar-refractivity contribution in [2.45, 2.75) is 39.8 Å². The van der Waals surface area contributed by atoms with Crippen LogP contribution in [-0.2, 0) is 26.3 Å². The zero-order valence-electron chi connectivity index (χ0n) is 18.2. The van der Waals surface area contributed by atoms with E-state index in [1.165, 1.54) is 0 Å². The number of aromatic nitrogens is 1. The summed E-state index contributed by atoms with van der Waals surface area (Å²) in [4.78, 5) is 37.9. The standard InChI is InChI=1S/C17H23N3O2.Co.3HNO2.H2O/c1-10(2)14-8-21-16(19-14)12-6-5-7-13(18-12)17-20-15(9-22-17)11(3)4;;3*2-1-3;/h5-7,10-11,14-15H,8-9H2,1-4H3;;3*(H,2,3);1H2/q;+3;;;;/p-3/t14-,15-;;;;;/m0...../s1. The van der Waals surface area contributed by atoms with Gasteiger partial charge in [-0.1, -0.05) is 33.8 Å². The minimum Gasteiger partial charge on any atom is -0.474 e. The van der Waals surface area contributed by atoms with E-state index in [2.05, 4.69) is 42.7 Å². The smallest absolute Gasteiger partial charge is 0.474 e. The molecule has 2 atom stereocenters. The molecule has 0 saturated heterocycles. The average molecular weight is 516 g/mol. The molecule has 0 amide bonds. The maximum Gasteiger partial charge on any atom is 3.00 e. The molecule has 0 radical (unpaired) electrons. The van der Waals surface area contributed by atoms with Crippen LogP contribution < -0.4 is 0 Å². The molecule has 33 heavy (non-hydrogen) atoms. The van der Waals surface area contributed by atoms with E-state index in [9.17, 15) is 0 Å². The van der Waals surface area contributed by atoms with Gasteiger partial charge in [-0.05, 0) is 24.0 Å². The third kappa shape index (κ3) is 12.4. The third-order valence-electron chi connectivity index (χ3n) is 4.07. The second-order valence-corrected chi connectivity index (χ2v) is 6.74. The summed E-state index contributed by atoms with van der Waals surface area (Å²) < 4.78 is 11.4. The number of hydrogen-bond donors (Lipinski definition) is 0. The van der Waals surface area contributed by atoms with Crippen LogP contribution in [0, 0.1) is 42.2 Å². The van der Waals surface area contributed by atoms with Gasteiger partial charge in [0.25, 0.3) is 0 Å². The molecule has 0 unspecified atom stereocenters. The van der Waals surface area contributed by atoms with Crippen LogP contribution in [0.4, 0.5) is 0 Å². The Morgan fingerprint density at radius 2 is 1.12 bits per heavy atom. The molecule has 186 valence electrons. The summed E-state index contributed by atoms with van der Waals surface area (Å²) in [6, 6.07) is 6.21. The van der Waals surface area contributed by atoms with Crippen LogP contribution in [0.2, 0.25) is 0 Å². The first-order valence-corrected chi connectivity index (χ1v) is 9.03. The number of nitrogens with zero attached hydrogens (tertiary/aromatic N) is 6. The fourth-order valence-corrected chi connectivity index (χ4v) is 2.42. The molecular weight excluding hydrogens is 491 g/mol. The van der Waals surface area contributed by atoms with E-state index in [1.54, 1.807) is 0 Å². The Morgan fingerprint density at radius 3 is 1.36 bits per heavy atom. The van der Waals surface area contributed by atoms with Gasteiger partial charge < -0.3 is 45.3 Å². The molecule has 0 fully saturated rings. The topological polar surface area (TPSA) is 245 Å². The van der Waals surface area contributed by atoms with Gasteiger partial charge in [0.05, 0.1) is 12.1 Å². The fourth-order valence-electron chi connectivity index (χ4n) is 2.42. The van der Waals surface area contributed by atoms with Crippen molar-refractivity contribution in [3.05, 3.63) is 59.9 Å². The van der Waals surface area contributed by atoms with E-state index >= 15 is 0 Å². The van der Waals surface area contributed by atoms with Crippen LogP contribution in [0.15, 0.2) is 44.2 Å². The van der Waals surface area contributed by atoms with Gasteiger partial charge in [-0.3, -0.25) is 0 Å². The largest absolute Gasteiger partial charge is 3.00 e. The zero-order valence-corrected chi connectivity index (χ0v) is 19.3. The van der Waals surface area contributed by atoms with Gasteiger partial charge in [0.1, 0.15) is 24.6 Å². The number of hydrogen-bond acceptors (Lipinski definition) is 14. The van der Waals surface area contributed by atoms with Crippen molar-refractivity contribution in [2.24, 2.45) is 37.8 Å². The van der Waals surface area contributed by atoms with Crippen molar-refractivity contribution in [2.75, 3.05) is 13.2 Å².